The first-order valence-electron chi connectivity index (χ1n) is 6.98. The van der Waals surface area contributed by atoms with Gasteiger partial charge in [0.05, 0.1) is 6.54 Å². The molecule has 1 aromatic carbocycles. The summed E-state index contributed by atoms with van der Waals surface area (Å²) in [5, 5.41) is 13.2. The van der Waals surface area contributed by atoms with Crippen LogP contribution in [0.3, 0.4) is 0 Å². The first kappa shape index (κ1) is 15.5. The number of halogens is 1. The Balaban J connectivity index is 2.34. The fourth-order valence-corrected chi connectivity index (χ4v) is 2.37. The third kappa shape index (κ3) is 3.61. The second-order valence-electron chi connectivity index (χ2n) is 5.10. The summed E-state index contributed by atoms with van der Waals surface area (Å²) in [6.45, 7) is 6.76. The molecule has 0 bridgehead atoms. The van der Waals surface area contributed by atoms with Crippen LogP contribution in [-0.4, -0.2) is 35.2 Å². The first-order valence-corrected chi connectivity index (χ1v) is 7.36. The highest BCUT2D eigenvalue weighted by atomic mass is 35.5. The normalized spacial score (nSPS) is 10.9. The van der Waals surface area contributed by atoms with Crippen LogP contribution in [0, 0.1) is 0 Å². The van der Waals surface area contributed by atoms with Gasteiger partial charge >= 0.3 is 0 Å². The SMILES string of the molecule is CCN(CC(=O)NC(C)C)c1nnc(Cl)c2ccccc12. The summed E-state index contributed by atoms with van der Waals surface area (Å²) in [4.78, 5) is 13.9. The Labute approximate surface area is 129 Å². The zero-order valence-corrected chi connectivity index (χ0v) is 13.2. The van der Waals surface area contributed by atoms with Crippen LogP contribution >= 0.6 is 11.6 Å². The summed E-state index contributed by atoms with van der Waals surface area (Å²) in [5.41, 5.74) is 0. The van der Waals surface area contributed by atoms with Crippen molar-refractivity contribution < 1.29 is 4.79 Å². The number of anilines is 1. The molecule has 2 aromatic rings. The largest absolute Gasteiger partial charge is 0.352 e. The lowest BCUT2D eigenvalue weighted by atomic mass is 10.2. The molecule has 0 fully saturated rings. The molecule has 0 atom stereocenters. The number of nitrogens with one attached hydrogen (secondary N) is 1. The lowest BCUT2D eigenvalue weighted by Crippen LogP contribution is -2.40. The highest BCUT2D eigenvalue weighted by Crippen LogP contribution is 2.27. The molecule has 0 saturated carbocycles. The van der Waals surface area contributed by atoms with Crippen LogP contribution in [0.15, 0.2) is 24.3 Å². The molecule has 0 saturated heterocycles. The zero-order chi connectivity index (χ0) is 15.4. The Hall–Kier alpha value is -1.88. The van der Waals surface area contributed by atoms with Crippen molar-refractivity contribution in [3.05, 3.63) is 29.4 Å². The van der Waals surface area contributed by atoms with Gasteiger partial charge in [-0.15, -0.1) is 10.2 Å². The van der Waals surface area contributed by atoms with E-state index in [2.05, 4.69) is 15.5 Å². The quantitative estimate of drug-likeness (QED) is 0.922. The average molecular weight is 307 g/mol. The van der Waals surface area contributed by atoms with Crippen molar-refractivity contribution in [1.29, 1.82) is 0 Å². The molecule has 2 rings (SSSR count). The molecular weight excluding hydrogens is 288 g/mol. The number of aromatic nitrogens is 2. The summed E-state index contributed by atoms with van der Waals surface area (Å²) in [5.74, 6) is 0.643. The number of carbonyl (C=O) groups excluding carboxylic acids is 1. The van der Waals surface area contributed by atoms with E-state index in [-0.39, 0.29) is 18.5 Å². The molecule has 0 aliphatic heterocycles. The van der Waals surface area contributed by atoms with Gasteiger partial charge < -0.3 is 10.2 Å². The number of benzene rings is 1. The van der Waals surface area contributed by atoms with E-state index in [1.165, 1.54) is 0 Å². The second kappa shape index (κ2) is 6.72. The van der Waals surface area contributed by atoms with Crippen LogP contribution in [0.5, 0.6) is 0 Å². The van der Waals surface area contributed by atoms with Gasteiger partial charge in [-0.1, -0.05) is 35.9 Å². The minimum absolute atomic E-state index is 0.0346. The van der Waals surface area contributed by atoms with Crippen molar-refractivity contribution >= 4 is 34.1 Å². The van der Waals surface area contributed by atoms with E-state index in [1.54, 1.807) is 0 Å². The lowest BCUT2D eigenvalue weighted by Gasteiger charge is -2.23. The van der Waals surface area contributed by atoms with E-state index in [0.717, 1.165) is 10.8 Å². The Morgan fingerprint density at radius 3 is 2.57 bits per heavy atom. The van der Waals surface area contributed by atoms with Crippen LogP contribution in [0.4, 0.5) is 5.82 Å². The van der Waals surface area contributed by atoms with Crippen molar-refractivity contribution in [2.45, 2.75) is 26.8 Å². The van der Waals surface area contributed by atoms with Crippen molar-refractivity contribution in [3.63, 3.8) is 0 Å². The maximum absolute atomic E-state index is 12.0. The molecule has 0 unspecified atom stereocenters. The van der Waals surface area contributed by atoms with Crippen molar-refractivity contribution in [2.75, 3.05) is 18.0 Å². The third-order valence-electron chi connectivity index (χ3n) is 3.09. The maximum atomic E-state index is 12.0. The fourth-order valence-electron chi connectivity index (χ4n) is 2.17. The summed E-state index contributed by atoms with van der Waals surface area (Å²) in [7, 11) is 0. The molecule has 0 radical (unpaired) electrons. The molecule has 0 spiro atoms. The number of rotatable bonds is 5. The Kier molecular flexibility index (Phi) is 4.96. The van der Waals surface area contributed by atoms with Gasteiger partial charge in [0.25, 0.3) is 0 Å². The fraction of sp³-hybridized carbons (Fsp3) is 0.400. The minimum atomic E-state index is -0.0346. The van der Waals surface area contributed by atoms with Crippen molar-refractivity contribution in [1.82, 2.24) is 15.5 Å². The zero-order valence-electron chi connectivity index (χ0n) is 12.4. The summed E-state index contributed by atoms with van der Waals surface area (Å²) >= 11 is 6.08. The van der Waals surface area contributed by atoms with E-state index in [1.807, 2.05) is 49.9 Å². The molecule has 6 heteroatoms. The van der Waals surface area contributed by atoms with Crippen LogP contribution in [0.1, 0.15) is 20.8 Å². The molecule has 112 valence electrons. The van der Waals surface area contributed by atoms with Crippen LogP contribution in [0.2, 0.25) is 5.15 Å². The number of fused-ring (bicyclic) bond motifs is 1. The number of hydrogen-bond acceptors (Lipinski definition) is 4. The van der Waals surface area contributed by atoms with E-state index in [0.29, 0.717) is 17.5 Å². The predicted molar refractivity (Wildman–Crippen MR) is 85.7 cm³/mol. The lowest BCUT2D eigenvalue weighted by molar-refractivity contribution is -0.120. The van der Waals surface area contributed by atoms with Gasteiger partial charge in [-0.2, -0.15) is 0 Å². The van der Waals surface area contributed by atoms with E-state index in [4.69, 9.17) is 11.6 Å². The number of hydrogen-bond donors (Lipinski definition) is 1. The van der Waals surface area contributed by atoms with Crippen LogP contribution in [-0.2, 0) is 4.79 Å². The Bertz CT molecular complexity index is 645. The van der Waals surface area contributed by atoms with Crippen LogP contribution < -0.4 is 10.2 Å². The molecule has 21 heavy (non-hydrogen) atoms. The predicted octanol–water partition coefficient (Wildman–Crippen LogP) is 2.63. The highest BCUT2D eigenvalue weighted by molar-refractivity contribution is 6.34. The van der Waals surface area contributed by atoms with Gasteiger partial charge in [0, 0.05) is 23.4 Å². The number of amides is 1. The minimum Gasteiger partial charge on any atom is -0.352 e. The average Bonchev–Trinajstić information content (AvgIpc) is 2.45. The highest BCUT2D eigenvalue weighted by Gasteiger charge is 2.16. The van der Waals surface area contributed by atoms with Gasteiger partial charge in [-0.05, 0) is 20.8 Å². The van der Waals surface area contributed by atoms with Gasteiger partial charge in [-0.25, -0.2) is 0 Å². The van der Waals surface area contributed by atoms with Gasteiger partial charge in [0.1, 0.15) is 0 Å². The van der Waals surface area contributed by atoms with E-state index in [9.17, 15) is 4.79 Å². The monoisotopic (exact) mass is 306 g/mol. The number of likely N-dealkylation sites (N-methyl/N-ethyl adjacent to an activating group) is 1. The van der Waals surface area contributed by atoms with Crippen molar-refractivity contribution in [2.24, 2.45) is 0 Å². The van der Waals surface area contributed by atoms with Gasteiger partial charge in [0.2, 0.25) is 5.91 Å². The smallest absolute Gasteiger partial charge is 0.239 e. The Morgan fingerprint density at radius 2 is 1.95 bits per heavy atom. The summed E-state index contributed by atoms with van der Waals surface area (Å²) < 4.78 is 0. The Morgan fingerprint density at radius 1 is 1.29 bits per heavy atom. The molecular formula is C15H19ClN4O. The summed E-state index contributed by atoms with van der Waals surface area (Å²) in [6.07, 6.45) is 0. The summed E-state index contributed by atoms with van der Waals surface area (Å²) in [6, 6.07) is 7.78. The van der Waals surface area contributed by atoms with Gasteiger partial charge in [0.15, 0.2) is 11.0 Å². The van der Waals surface area contributed by atoms with Crippen LogP contribution in [0.25, 0.3) is 10.8 Å². The van der Waals surface area contributed by atoms with E-state index >= 15 is 0 Å². The molecule has 5 nitrogen and oxygen atoms in total. The number of nitrogens with zero attached hydrogens (tertiary/aromatic N) is 3. The number of carbonyl (C=O) groups is 1. The topological polar surface area (TPSA) is 58.1 Å². The molecule has 1 heterocycles. The molecule has 1 amide bonds. The molecule has 0 aliphatic rings. The molecule has 1 aromatic heterocycles. The third-order valence-corrected chi connectivity index (χ3v) is 3.37. The molecule has 0 aliphatic carbocycles. The van der Waals surface area contributed by atoms with Crippen molar-refractivity contribution in [3.8, 4) is 0 Å². The van der Waals surface area contributed by atoms with E-state index < -0.39 is 0 Å². The maximum Gasteiger partial charge on any atom is 0.239 e. The molecule has 1 N–H and O–H groups in total. The van der Waals surface area contributed by atoms with Gasteiger partial charge in [-0.3, -0.25) is 4.79 Å². The standard InChI is InChI=1S/C15H19ClN4O/c1-4-20(9-13(21)17-10(2)3)15-12-8-6-5-7-11(12)14(16)18-19-15/h5-8,10H,4,9H2,1-3H3,(H,17,21). The first-order chi connectivity index (χ1) is 10.0. The second-order valence-corrected chi connectivity index (χ2v) is 5.45.